The van der Waals surface area contributed by atoms with Crippen LogP contribution in [0.15, 0.2) is 87.8 Å². The molecule has 5 aromatic rings. The number of aromatic nitrogens is 1. The van der Waals surface area contributed by atoms with E-state index in [1.54, 1.807) is 87.0 Å². The molecule has 0 aliphatic heterocycles. The van der Waals surface area contributed by atoms with E-state index in [1.165, 1.54) is 6.07 Å². The van der Waals surface area contributed by atoms with E-state index in [2.05, 4.69) is 15.8 Å². The van der Waals surface area contributed by atoms with Gasteiger partial charge in [0.2, 0.25) is 5.88 Å². The van der Waals surface area contributed by atoms with Crippen molar-refractivity contribution in [2.75, 3.05) is 24.9 Å². The number of rotatable bonds is 7. The normalized spacial score (nSPS) is 10.7. The number of carbonyl (C=O) groups excluding carboxylic acids is 2. The topological polar surface area (TPSA) is 116 Å². The van der Waals surface area contributed by atoms with Gasteiger partial charge in [0.25, 0.3) is 11.8 Å². The Hall–Kier alpha value is -5.05. The van der Waals surface area contributed by atoms with Gasteiger partial charge in [-0.25, -0.2) is 0 Å². The molecular weight excluding hydrogens is 462 g/mol. The molecular formula is C27H21N3O6. The first-order chi connectivity index (χ1) is 17.6. The van der Waals surface area contributed by atoms with Crippen LogP contribution in [0.5, 0.6) is 11.5 Å². The van der Waals surface area contributed by atoms with E-state index in [1.807, 2.05) is 0 Å². The van der Waals surface area contributed by atoms with Gasteiger partial charge in [0, 0.05) is 22.7 Å². The first kappa shape index (κ1) is 22.7. The van der Waals surface area contributed by atoms with E-state index in [0.29, 0.717) is 33.9 Å². The molecule has 3 aromatic carbocycles. The molecule has 0 radical (unpaired) electrons. The van der Waals surface area contributed by atoms with Crippen molar-refractivity contribution in [2.45, 2.75) is 0 Å². The zero-order chi connectivity index (χ0) is 25.1. The summed E-state index contributed by atoms with van der Waals surface area (Å²) in [6.45, 7) is 0. The molecule has 2 heterocycles. The van der Waals surface area contributed by atoms with Crippen molar-refractivity contribution in [3.63, 3.8) is 0 Å². The van der Waals surface area contributed by atoms with Gasteiger partial charge in [0.15, 0.2) is 11.5 Å². The van der Waals surface area contributed by atoms with Crippen molar-refractivity contribution in [1.82, 2.24) is 5.16 Å². The molecule has 0 unspecified atom stereocenters. The number of nitrogens with zero attached hydrogens (tertiary/aromatic N) is 1. The summed E-state index contributed by atoms with van der Waals surface area (Å²) in [4.78, 5) is 26.2. The predicted octanol–water partition coefficient (Wildman–Crippen LogP) is 5.61. The maximum atomic E-state index is 13.2. The molecule has 180 valence electrons. The molecule has 0 spiro atoms. The Morgan fingerprint density at radius 1 is 0.806 bits per heavy atom. The van der Waals surface area contributed by atoms with Gasteiger partial charge in [-0.15, -0.1) is 0 Å². The summed E-state index contributed by atoms with van der Waals surface area (Å²) in [5, 5.41) is 9.91. The summed E-state index contributed by atoms with van der Waals surface area (Å²) in [6, 6.07) is 22.6. The largest absolute Gasteiger partial charge is 0.497 e. The fraction of sp³-hybridized carbons (Fsp3) is 0.0741. The molecule has 0 atom stereocenters. The Kier molecular flexibility index (Phi) is 6.10. The van der Waals surface area contributed by atoms with Crippen molar-refractivity contribution >= 4 is 34.4 Å². The van der Waals surface area contributed by atoms with Crippen LogP contribution in [0.3, 0.4) is 0 Å². The number of methoxy groups -OCH3 is 2. The standard InChI is InChI=1S/C27H21N3O6/c1-33-18-11-7-16(8-12-18)23-15-21(30-36-23)25(31)29-27-24(20-5-3-4-6-22(20)35-27)26(32)28-17-9-13-19(34-2)14-10-17/h3-15H,1-2H3,(H,28,32)(H,29,31). The molecule has 9 heteroatoms. The highest BCUT2D eigenvalue weighted by atomic mass is 16.5. The molecule has 0 saturated carbocycles. The third kappa shape index (κ3) is 4.49. The molecule has 0 fully saturated rings. The number of fused-ring (bicyclic) bond motifs is 1. The van der Waals surface area contributed by atoms with E-state index in [4.69, 9.17) is 18.4 Å². The Bertz CT molecular complexity index is 1530. The van der Waals surface area contributed by atoms with Crippen molar-refractivity contribution in [2.24, 2.45) is 0 Å². The van der Waals surface area contributed by atoms with E-state index in [-0.39, 0.29) is 17.1 Å². The van der Waals surface area contributed by atoms with Gasteiger partial charge in [0.05, 0.1) is 14.2 Å². The molecule has 2 N–H and O–H groups in total. The number of para-hydroxylation sites is 1. The minimum absolute atomic E-state index is 0.00112. The summed E-state index contributed by atoms with van der Waals surface area (Å²) in [6.07, 6.45) is 0. The van der Waals surface area contributed by atoms with Crippen molar-refractivity contribution in [3.05, 3.63) is 90.1 Å². The predicted molar refractivity (Wildman–Crippen MR) is 134 cm³/mol. The van der Waals surface area contributed by atoms with Gasteiger partial charge < -0.3 is 23.7 Å². The molecule has 9 nitrogen and oxygen atoms in total. The SMILES string of the molecule is COc1ccc(NC(=O)c2c(NC(=O)c3cc(-c4ccc(OC)cc4)on3)oc3ccccc23)cc1. The second kappa shape index (κ2) is 9.67. The molecule has 2 amide bonds. The van der Waals surface area contributed by atoms with Gasteiger partial charge in [-0.3, -0.25) is 14.9 Å². The fourth-order valence-electron chi connectivity index (χ4n) is 3.67. The van der Waals surface area contributed by atoms with Crippen LogP contribution in [0, 0.1) is 0 Å². The Labute approximate surface area is 205 Å². The lowest BCUT2D eigenvalue weighted by Crippen LogP contribution is -2.17. The summed E-state index contributed by atoms with van der Waals surface area (Å²) in [5.41, 5.74) is 1.96. The van der Waals surface area contributed by atoms with Crippen molar-refractivity contribution in [3.8, 4) is 22.8 Å². The Balaban J connectivity index is 1.41. The number of carbonyl (C=O) groups is 2. The summed E-state index contributed by atoms with van der Waals surface area (Å²) < 4.78 is 21.5. The number of anilines is 2. The lowest BCUT2D eigenvalue weighted by atomic mass is 10.1. The highest BCUT2D eigenvalue weighted by molar-refractivity contribution is 6.18. The molecule has 2 aromatic heterocycles. The number of nitrogens with one attached hydrogen (secondary N) is 2. The number of furan rings is 1. The van der Waals surface area contributed by atoms with Crippen LogP contribution in [0.4, 0.5) is 11.6 Å². The fourth-order valence-corrected chi connectivity index (χ4v) is 3.67. The monoisotopic (exact) mass is 483 g/mol. The zero-order valence-corrected chi connectivity index (χ0v) is 19.4. The average Bonchev–Trinajstić information content (AvgIpc) is 3.54. The van der Waals surface area contributed by atoms with Crippen LogP contribution in [-0.2, 0) is 0 Å². The number of ether oxygens (including phenoxy) is 2. The lowest BCUT2D eigenvalue weighted by Gasteiger charge is -2.07. The minimum Gasteiger partial charge on any atom is -0.497 e. The first-order valence-corrected chi connectivity index (χ1v) is 10.9. The van der Waals surface area contributed by atoms with Crippen LogP contribution in [0.2, 0.25) is 0 Å². The molecule has 5 rings (SSSR count). The third-order valence-corrected chi connectivity index (χ3v) is 5.51. The van der Waals surface area contributed by atoms with Crippen molar-refractivity contribution in [1.29, 1.82) is 0 Å². The molecule has 0 aliphatic carbocycles. The summed E-state index contributed by atoms with van der Waals surface area (Å²) >= 11 is 0. The van der Waals surface area contributed by atoms with Gasteiger partial charge >= 0.3 is 0 Å². The molecule has 36 heavy (non-hydrogen) atoms. The number of amides is 2. The maximum Gasteiger partial charge on any atom is 0.280 e. The van der Waals surface area contributed by atoms with Crippen LogP contribution in [-0.4, -0.2) is 31.2 Å². The minimum atomic E-state index is -0.587. The van der Waals surface area contributed by atoms with Crippen LogP contribution < -0.4 is 20.1 Å². The Morgan fingerprint density at radius 3 is 2.17 bits per heavy atom. The third-order valence-electron chi connectivity index (χ3n) is 5.51. The van der Waals surface area contributed by atoms with Crippen LogP contribution >= 0.6 is 0 Å². The van der Waals surface area contributed by atoms with E-state index in [9.17, 15) is 9.59 Å². The lowest BCUT2D eigenvalue weighted by molar-refractivity contribution is 0.101. The summed E-state index contributed by atoms with van der Waals surface area (Å²) in [5.74, 6) is 0.736. The van der Waals surface area contributed by atoms with Gasteiger partial charge in [-0.05, 0) is 54.6 Å². The van der Waals surface area contributed by atoms with E-state index < -0.39 is 11.8 Å². The number of hydrogen-bond acceptors (Lipinski definition) is 7. The number of hydrogen-bond donors (Lipinski definition) is 2. The highest BCUT2D eigenvalue weighted by Crippen LogP contribution is 2.32. The van der Waals surface area contributed by atoms with Crippen LogP contribution in [0.25, 0.3) is 22.3 Å². The molecule has 0 aliphatic rings. The van der Waals surface area contributed by atoms with Crippen molar-refractivity contribution < 1.29 is 28.0 Å². The van der Waals surface area contributed by atoms with Gasteiger partial charge in [-0.1, -0.05) is 23.4 Å². The summed E-state index contributed by atoms with van der Waals surface area (Å²) in [7, 11) is 3.14. The second-order valence-corrected chi connectivity index (χ2v) is 7.74. The highest BCUT2D eigenvalue weighted by Gasteiger charge is 2.24. The quantitative estimate of drug-likeness (QED) is 0.309. The first-order valence-electron chi connectivity index (χ1n) is 10.9. The molecule has 0 saturated heterocycles. The van der Waals surface area contributed by atoms with Crippen LogP contribution in [0.1, 0.15) is 20.8 Å². The number of benzene rings is 3. The zero-order valence-electron chi connectivity index (χ0n) is 19.4. The molecule has 0 bridgehead atoms. The Morgan fingerprint density at radius 2 is 1.47 bits per heavy atom. The maximum absolute atomic E-state index is 13.2. The van der Waals surface area contributed by atoms with Gasteiger partial charge in [-0.2, -0.15) is 0 Å². The smallest absolute Gasteiger partial charge is 0.280 e. The van der Waals surface area contributed by atoms with E-state index in [0.717, 1.165) is 5.56 Å². The second-order valence-electron chi connectivity index (χ2n) is 7.74. The van der Waals surface area contributed by atoms with Gasteiger partial charge in [0.1, 0.15) is 22.6 Å². The average molecular weight is 483 g/mol. The van der Waals surface area contributed by atoms with E-state index >= 15 is 0 Å².